The van der Waals surface area contributed by atoms with E-state index in [4.69, 9.17) is 39.5 Å². The first-order valence-electron chi connectivity index (χ1n) is 10.8. The molecule has 2 aliphatic rings. The molecular weight excluding hydrogens is 544 g/mol. The number of carbonyl (C=O) groups excluding carboxylic acids is 1. The smallest absolute Gasteiger partial charge is 0.356 e. The topological polar surface area (TPSA) is 110 Å². The lowest BCUT2D eigenvalue weighted by molar-refractivity contribution is -0.121. The summed E-state index contributed by atoms with van der Waals surface area (Å²) in [5, 5.41) is 8.69. The molecule has 0 fully saturated rings. The maximum atomic E-state index is 14.5. The van der Waals surface area contributed by atoms with E-state index < -0.39 is 11.8 Å². The second-order valence-corrected chi connectivity index (χ2v) is 10.5. The van der Waals surface area contributed by atoms with Crippen LogP contribution >= 0.6 is 34.7 Å². The van der Waals surface area contributed by atoms with Gasteiger partial charge < -0.3 is 14.4 Å². The number of hydrogen-bond donors (Lipinski definition) is 1. The third-order valence-corrected chi connectivity index (χ3v) is 6.74. The molecule has 2 aromatic heterocycles. The van der Waals surface area contributed by atoms with Crippen LogP contribution in [0.3, 0.4) is 0 Å². The fourth-order valence-electron chi connectivity index (χ4n) is 3.81. The number of carbonyl (C=O) groups is 2. The number of aromatic carboxylic acids is 1. The van der Waals surface area contributed by atoms with Gasteiger partial charge in [-0.3, -0.25) is 9.69 Å². The number of pyridine rings is 1. The SMILES string of the molecule is C#CCN1C(=O)COc2cc(F)c(N=c3snc4n3CC(C)(C)C4)cc21.O=C(O)c1nc(Cl)ccc1Cl. The molecule has 0 atom stereocenters. The molecule has 0 bridgehead atoms. The summed E-state index contributed by atoms with van der Waals surface area (Å²) in [6.07, 6.45) is 6.22. The Balaban J connectivity index is 0.000000245. The van der Waals surface area contributed by atoms with Gasteiger partial charge in [0.1, 0.15) is 22.4 Å². The zero-order chi connectivity index (χ0) is 26.9. The lowest BCUT2D eigenvalue weighted by atomic mass is 9.92. The highest BCUT2D eigenvalue weighted by atomic mass is 35.5. The van der Waals surface area contributed by atoms with Crippen molar-refractivity contribution in [2.75, 3.05) is 18.1 Å². The van der Waals surface area contributed by atoms with E-state index in [1.54, 1.807) is 0 Å². The Bertz CT molecular complexity index is 1510. The molecule has 4 heterocycles. The normalized spacial score (nSPS) is 15.7. The zero-order valence-electron chi connectivity index (χ0n) is 19.7. The molecule has 0 unspecified atom stereocenters. The molecule has 5 rings (SSSR count). The van der Waals surface area contributed by atoms with Gasteiger partial charge in [-0.15, -0.1) is 6.42 Å². The zero-order valence-corrected chi connectivity index (χ0v) is 22.0. The Morgan fingerprint density at radius 2 is 2.14 bits per heavy atom. The Hall–Kier alpha value is -3.46. The molecule has 0 aliphatic carbocycles. The van der Waals surface area contributed by atoms with Crippen molar-refractivity contribution in [1.29, 1.82) is 0 Å². The Morgan fingerprint density at radius 1 is 1.38 bits per heavy atom. The highest BCUT2D eigenvalue weighted by Gasteiger charge is 2.31. The van der Waals surface area contributed by atoms with Crippen molar-refractivity contribution in [1.82, 2.24) is 13.9 Å². The monoisotopic (exact) mass is 563 g/mol. The Morgan fingerprint density at radius 3 is 2.81 bits per heavy atom. The summed E-state index contributed by atoms with van der Waals surface area (Å²) in [5.74, 6) is 1.74. The number of fused-ring (bicyclic) bond motifs is 2. The third kappa shape index (κ3) is 5.77. The summed E-state index contributed by atoms with van der Waals surface area (Å²) < 4.78 is 26.3. The quantitative estimate of drug-likeness (QED) is 0.375. The standard InChI is InChI=1S/C18H17FN4O2S.C6H3Cl2NO2/c1-4-5-22-13-7-12(11(19)6-14(13)25-9-16(22)24)20-17-23-10-18(2,3)8-15(23)21-26-17;7-3-1-2-4(8)9-5(3)6(10)11/h1,6-7H,5,8-10H2,2-3H3;1-2H,(H,10,11). The minimum atomic E-state index is -1.18. The van der Waals surface area contributed by atoms with Crippen LogP contribution in [0.15, 0.2) is 29.3 Å². The molecule has 2 aliphatic heterocycles. The number of amides is 1. The lowest BCUT2D eigenvalue weighted by Crippen LogP contribution is -2.39. The van der Waals surface area contributed by atoms with Crippen molar-refractivity contribution < 1.29 is 23.8 Å². The molecule has 0 saturated heterocycles. The van der Waals surface area contributed by atoms with E-state index >= 15 is 0 Å². The van der Waals surface area contributed by atoms with E-state index in [2.05, 4.69) is 34.1 Å². The number of hydrogen-bond acceptors (Lipinski definition) is 7. The molecule has 3 aromatic rings. The fraction of sp³-hybridized carbons (Fsp3) is 0.292. The number of ether oxygens (including phenoxy) is 1. The second kappa shape index (κ2) is 10.5. The molecule has 1 amide bonds. The van der Waals surface area contributed by atoms with E-state index in [0.29, 0.717) is 16.2 Å². The predicted molar refractivity (Wildman–Crippen MR) is 137 cm³/mol. The molecule has 9 nitrogen and oxygen atoms in total. The first-order chi connectivity index (χ1) is 17.5. The number of benzene rings is 1. The van der Waals surface area contributed by atoms with Crippen LogP contribution < -0.4 is 14.4 Å². The van der Waals surface area contributed by atoms with E-state index in [-0.39, 0.29) is 46.0 Å². The average Bonchev–Trinajstić information content (AvgIpc) is 3.33. The van der Waals surface area contributed by atoms with Crippen LogP contribution in [0.4, 0.5) is 15.8 Å². The highest BCUT2D eigenvalue weighted by Crippen LogP contribution is 2.37. The van der Waals surface area contributed by atoms with Gasteiger partial charge in [-0.2, -0.15) is 4.37 Å². The van der Waals surface area contributed by atoms with E-state index in [9.17, 15) is 14.0 Å². The number of nitrogens with zero attached hydrogens (tertiary/aromatic N) is 5. The summed E-state index contributed by atoms with van der Waals surface area (Å²) in [5.41, 5.74) is 0.455. The maximum absolute atomic E-state index is 14.5. The predicted octanol–water partition coefficient (Wildman–Crippen LogP) is 4.34. The molecule has 192 valence electrons. The summed E-state index contributed by atoms with van der Waals surface area (Å²) >= 11 is 12.2. The number of anilines is 1. The van der Waals surface area contributed by atoms with Crippen LogP contribution in [0.1, 0.15) is 30.2 Å². The van der Waals surface area contributed by atoms with Crippen molar-refractivity contribution in [2.24, 2.45) is 10.4 Å². The van der Waals surface area contributed by atoms with Gasteiger partial charge >= 0.3 is 5.97 Å². The van der Waals surface area contributed by atoms with Gasteiger partial charge in [0.2, 0.25) is 4.80 Å². The Kier molecular flexibility index (Phi) is 7.54. The van der Waals surface area contributed by atoms with Crippen molar-refractivity contribution in [3.8, 4) is 18.1 Å². The van der Waals surface area contributed by atoms with E-state index in [1.165, 1.54) is 40.7 Å². The molecule has 0 spiro atoms. The molecule has 0 saturated carbocycles. The maximum Gasteiger partial charge on any atom is 0.356 e. The van der Waals surface area contributed by atoms with E-state index in [0.717, 1.165) is 18.8 Å². The largest absolute Gasteiger partial charge is 0.481 e. The molecular formula is C24H20Cl2FN5O4S. The van der Waals surface area contributed by atoms with Crippen LogP contribution in [0, 0.1) is 23.6 Å². The number of carboxylic acid groups (broad SMARTS) is 1. The third-order valence-electron chi connectivity index (χ3n) is 5.45. The molecule has 37 heavy (non-hydrogen) atoms. The second-order valence-electron chi connectivity index (χ2n) is 8.93. The minimum absolute atomic E-state index is 0.0851. The highest BCUT2D eigenvalue weighted by molar-refractivity contribution is 7.02. The summed E-state index contributed by atoms with van der Waals surface area (Å²) in [7, 11) is 0. The van der Waals surface area contributed by atoms with Crippen molar-refractivity contribution in [3.63, 3.8) is 0 Å². The van der Waals surface area contributed by atoms with Gasteiger partial charge in [0, 0.05) is 30.6 Å². The minimum Gasteiger partial charge on any atom is -0.481 e. The summed E-state index contributed by atoms with van der Waals surface area (Å²) in [6.45, 7) is 5.05. The summed E-state index contributed by atoms with van der Waals surface area (Å²) in [4.78, 5) is 32.4. The lowest BCUT2D eigenvalue weighted by Gasteiger charge is -2.28. The number of rotatable bonds is 3. The van der Waals surface area contributed by atoms with Crippen LogP contribution in [0.2, 0.25) is 10.2 Å². The molecule has 1 aromatic carbocycles. The average molecular weight is 564 g/mol. The van der Waals surface area contributed by atoms with Crippen molar-refractivity contribution in [2.45, 2.75) is 26.8 Å². The van der Waals surface area contributed by atoms with Crippen LogP contribution in [-0.4, -0.2) is 44.1 Å². The molecule has 13 heteroatoms. The van der Waals surface area contributed by atoms with Crippen molar-refractivity contribution in [3.05, 3.63) is 56.6 Å². The van der Waals surface area contributed by atoms with Crippen molar-refractivity contribution >= 4 is 58.0 Å². The number of halogens is 3. The van der Waals surface area contributed by atoms with Gasteiger partial charge in [0.15, 0.2) is 18.1 Å². The van der Waals surface area contributed by atoms with Crippen LogP contribution in [0.5, 0.6) is 5.75 Å². The Labute approximate surface area is 225 Å². The number of aromatic nitrogens is 3. The van der Waals surface area contributed by atoms with Gasteiger partial charge in [-0.25, -0.2) is 19.2 Å². The molecule has 0 radical (unpaired) electrons. The van der Waals surface area contributed by atoms with Gasteiger partial charge in [0.05, 0.1) is 17.3 Å². The van der Waals surface area contributed by atoms with Gasteiger partial charge in [-0.05, 0) is 23.6 Å². The van der Waals surface area contributed by atoms with Gasteiger partial charge in [-0.1, -0.05) is 43.0 Å². The van der Waals surface area contributed by atoms with Crippen LogP contribution in [0.25, 0.3) is 0 Å². The van der Waals surface area contributed by atoms with E-state index in [1.807, 2.05) is 4.57 Å². The number of terminal acetylenes is 1. The summed E-state index contributed by atoms with van der Waals surface area (Å²) in [6, 6.07) is 5.57. The number of carboxylic acids is 1. The fourth-order valence-corrected chi connectivity index (χ4v) is 4.91. The van der Waals surface area contributed by atoms with Gasteiger partial charge in [0.25, 0.3) is 5.91 Å². The molecule has 1 N–H and O–H groups in total. The van der Waals surface area contributed by atoms with Crippen LogP contribution in [-0.2, 0) is 17.8 Å². The first kappa shape index (κ1) is 26.6. The first-order valence-corrected chi connectivity index (χ1v) is 12.4.